The molecular formula is C20H23N3O2S2. The van der Waals surface area contributed by atoms with Gasteiger partial charge < -0.3 is 5.73 Å². The minimum atomic E-state index is -3.62. The maximum absolute atomic E-state index is 13.4. The third kappa shape index (κ3) is 4.87. The Morgan fingerprint density at radius 1 is 1.00 bits per heavy atom. The molecular weight excluding hydrogens is 378 g/mol. The van der Waals surface area contributed by atoms with Crippen LogP contribution in [0.15, 0.2) is 76.8 Å². The molecule has 0 atom stereocenters. The lowest BCUT2D eigenvalue weighted by molar-refractivity contribution is 0.426. The Labute approximate surface area is 164 Å². The van der Waals surface area contributed by atoms with Crippen LogP contribution in [0.4, 0.5) is 0 Å². The first-order valence-corrected chi connectivity index (χ1v) is 11.3. The summed E-state index contributed by atoms with van der Waals surface area (Å²) in [7, 11) is -3.62. The van der Waals surface area contributed by atoms with E-state index in [0.29, 0.717) is 42.1 Å². The predicted octanol–water partition coefficient (Wildman–Crippen LogP) is 3.37. The fourth-order valence-electron chi connectivity index (χ4n) is 2.86. The number of hydrogen-bond acceptors (Lipinski definition) is 5. The Kier molecular flexibility index (Phi) is 6.84. The molecule has 1 heterocycles. The van der Waals surface area contributed by atoms with Crippen LogP contribution in [0.25, 0.3) is 10.8 Å². The molecule has 3 aromatic rings. The number of rotatable bonds is 9. The molecule has 2 N–H and O–H groups in total. The van der Waals surface area contributed by atoms with E-state index in [1.54, 1.807) is 46.7 Å². The highest BCUT2D eigenvalue weighted by molar-refractivity contribution is 7.99. The summed E-state index contributed by atoms with van der Waals surface area (Å²) < 4.78 is 28.2. The summed E-state index contributed by atoms with van der Waals surface area (Å²) in [5.41, 5.74) is 5.63. The number of nitrogens with zero attached hydrogens (tertiary/aromatic N) is 2. The average Bonchev–Trinajstić information content (AvgIpc) is 2.70. The van der Waals surface area contributed by atoms with Crippen LogP contribution in [0, 0.1) is 0 Å². The van der Waals surface area contributed by atoms with Gasteiger partial charge in [-0.3, -0.25) is 4.98 Å². The summed E-state index contributed by atoms with van der Waals surface area (Å²) in [5, 5.41) is 1.51. The molecule has 0 radical (unpaired) electrons. The van der Waals surface area contributed by atoms with Crippen LogP contribution in [-0.4, -0.2) is 43.1 Å². The van der Waals surface area contributed by atoms with Gasteiger partial charge >= 0.3 is 0 Å². The van der Waals surface area contributed by atoms with Crippen molar-refractivity contribution in [3.05, 3.63) is 67.0 Å². The Morgan fingerprint density at radius 2 is 1.81 bits per heavy atom. The van der Waals surface area contributed by atoms with E-state index in [-0.39, 0.29) is 0 Å². The van der Waals surface area contributed by atoms with Crippen LogP contribution in [-0.2, 0) is 10.0 Å². The first kappa shape index (κ1) is 19.8. The van der Waals surface area contributed by atoms with Crippen molar-refractivity contribution >= 4 is 32.6 Å². The van der Waals surface area contributed by atoms with Gasteiger partial charge in [-0.25, -0.2) is 8.42 Å². The smallest absolute Gasteiger partial charge is 0.243 e. The predicted molar refractivity (Wildman–Crippen MR) is 111 cm³/mol. The summed E-state index contributed by atoms with van der Waals surface area (Å²) in [6.07, 6.45) is 3.93. The minimum Gasteiger partial charge on any atom is -0.330 e. The summed E-state index contributed by atoms with van der Waals surface area (Å²) in [4.78, 5) is 5.54. The molecule has 1 aromatic heterocycles. The Bertz CT molecular complexity index is 973. The molecule has 0 aliphatic heterocycles. The van der Waals surface area contributed by atoms with Gasteiger partial charge in [0.15, 0.2) is 0 Å². The van der Waals surface area contributed by atoms with Crippen molar-refractivity contribution in [3.8, 4) is 0 Å². The molecule has 5 nitrogen and oxygen atoms in total. The molecule has 0 saturated carbocycles. The molecule has 0 saturated heterocycles. The number of nitrogens with two attached hydrogens (primary N) is 1. The summed E-state index contributed by atoms with van der Waals surface area (Å²) in [6.45, 7) is 1.30. The summed E-state index contributed by atoms with van der Waals surface area (Å²) in [5.74, 6) is 0.681. The highest BCUT2D eigenvalue weighted by atomic mass is 32.2. The maximum Gasteiger partial charge on any atom is 0.243 e. The monoisotopic (exact) mass is 401 g/mol. The van der Waals surface area contributed by atoms with Crippen LogP contribution in [0.5, 0.6) is 0 Å². The van der Waals surface area contributed by atoms with E-state index in [2.05, 4.69) is 4.98 Å². The van der Waals surface area contributed by atoms with Gasteiger partial charge in [-0.05, 0) is 37.2 Å². The first-order chi connectivity index (χ1) is 13.1. The molecule has 0 bridgehead atoms. The van der Waals surface area contributed by atoms with Gasteiger partial charge in [-0.1, -0.05) is 30.3 Å². The van der Waals surface area contributed by atoms with E-state index < -0.39 is 10.0 Å². The summed E-state index contributed by atoms with van der Waals surface area (Å²) >= 11 is 1.65. The molecule has 0 aliphatic rings. The second kappa shape index (κ2) is 9.32. The van der Waals surface area contributed by atoms with Crippen molar-refractivity contribution in [3.63, 3.8) is 0 Å². The molecule has 27 heavy (non-hydrogen) atoms. The van der Waals surface area contributed by atoms with E-state index in [0.717, 1.165) is 10.3 Å². The second-order valence-corrected chi connectivity index (χ2v) is 9.14. The normalized spacial score (nSPS) is 11.9. The lowest BCUT2D eigenvalue weighted by atomic mass is 10.2. The molecule has 2 aromatic carbocycles. The Morgan fingerprint density at radius 3 is 2.59 bits per heavy atom. The van der Waals surface area contributed by atoms with E-state index in [4.69, 9.17) is 5.73 Å². The molecule has 0 fully saturated rings. The van der Waals surface area contributed by atoms with Gasteiger partial charge in [-0.15, -0.1) is 11.8 Å². The number of pyridine rings is 1. The van der Waals surface area contributed by atoms with Gasteiger partial charge in [0.1, 0.15) is 0 Å². The number of aromatic nitrogens is 1. The van der Waals surface area contributed by atoms with E-state index in [1.807, 2.05) is 36.4 Å². The lowest BCUT2D eigenvalue weighted by Crippen LogP contribution is -2.35. The van der Waals surface area contributed by atoms with E-state index in [1.165, 1.54) is 0 Å². The third-order valence-corrected chi connectivity index (χ3v) is 7.17. The Hall–Kier alpha value is -1.93. The minimum absolute atomic E-state index is 0.323. The van der Waals surface area contributed by atoms with Crippen molar-refractivity contribution < 1.29 is 8.42 Å². The van der Waals surface area contributed by atoms with Crippen LogP contribution >= 0.6 is 11.8 Å². The van der Waals surface area contributed by atoms with Crippen LogP contribution in [0.3, 0.4) is 0 Å². The average molecular weight is 402 g/mol. The molecule has 3 rings (SSSR count). The zero-order valence-electron chi connectivity index (χ0n) is 15.0. The molecule has 7 heteroatoms. The van der Waals surface area contributed by atoms with Gasteiger partial charge in [0.25, 0.3) is 0 Å². The van der Waals surface area contributed by atoms with Crippen LogP contribution < -0.4 is 5.73 Å². The van der Waals surface area contributed by atoms with E-state index in [9.17, 15) is 8.42 Å². The highest BCUT2D eigenvalue weighted by Crippen LogP contribution is 2.26. The fraction of sp³-hybridized carbons (Fsp3) is 0.250. The number of benzene rings is 2. The molecule has 142 valence electrons. The quantitative estimate of drug-likeness (QED) is 0.556. The maximum atomic E-state index is 13.4. The standard InChI is InChI=1S/C20H23N3O2S2/c21-11-5-13-23(14-15-26-18-7-2-1-3-8-18)27(24,25)20-9-4-6-17-16-22-12-10-19(17)20/h1-4,6-10,12,16H,5,11,13-15,21H2. The topological polar surface area (TPSA) is 76.3 Å². The van der Waals surface area contributed by atoms with E-state index >= 15 is 0 Å². The largest absolute Gasteiger partial charge is 0.330 e. The van der Waals surface area contributed by atoms with Crippen LogP contribution in [0.1, 0.15) is 6.42 Å². The highest BCUT2D eigenvalue weighted by Gasteiger charge is 2.25. The van der Waals surface area contributed by atoms with Crippen LogP contribution in [0.2, 0.25) is 0 Å². The molecule has 0 unspecified atom stereocenters. The van der Waals surface area contributed by atoms with Gasteiger partial charge in [0.05, 0.1) is 4.90 Å². The number of fused-ring (bicyclic) bond motifs is 1. The van der Waals surface area contributed by atoms with Gasteiger partial charge in [0, 0.05) is 46.9 Å². The lowest BCUT2D eigenvalue weighted by Gasteiger charge is -2.22. The number of thioether (sulfide) groups is 1. The van der Waals surface area contributed by atoms with Crippen molar-refractivity contribution in [1.82, 2.24) is 9.29 Å². The van der Waals surface area contributed by atoms with Crippen molar-refractivity contribution in [1.29, 1.82) is 0 Å². The summed E-state index contributed by atoms with van der Waals surface area (Å²) in [6, 6.07) is 17.0. The van der Waals surface area contributed by atoms with Crippen molar-refractivity contribution in [2.45, 2.75) is 16.2 Å². The number of sulfonamides is 1. The zero-order valence-corrected chi connectivity index (χ0v) is 16.6. The fourth-order valence-corrected chi connectivity index (χ4v) is 5.56. The zero-order chi connectivity index (χ0) is 19.1. The third-order valence-electron chi connectivity index (χ3n) is 4.22. The second-order valence-electron chi connectivity index (χ2n) is 6.06. The first-order valence-electron chi connectivity index (χ1n) is 8.84. The molecule has 0 amide bonds. The van der Waals surface area contributed by atoms with Crippen molar-refractivity contribution in [2.24, 2.45) is 5.73 Å². The molecule has 0 aliphatic carbocycles. The molecule has 0 spiro atoms. The SMILES string of the molecule is NCCCN(CCSc1ccccc1)S(=O)(=O)c1cccc2cnccc12. The van der Waals surface area contributed by atoms with Gasteiger partial charge in [-0.2, -0.15) is 4.31 Å². The van der Waals surface area contributed by atoms with Crippen molar-refractivity contribution in [2.75, 3.05) is 25.4 Å². The number of hydrogen-bond donors (Lipinski definition) is 1. The Balaban J connectivity index is 1.83. The van der Waals surface area contributed by atoms with Gasteiger partial charge in [0.2, 0.25) is 10.0 Å².